The van der Waals surface area contributed by atoms with E-state index in [0.29, 0.717) is 16.7 Å². The molecule has 156 valence electrons. The number of carbonyl (C=O) groups excluding carboxylic acids is 1. The molecule has 1 aliphatic heterocycles. The number of rotatable bonds is 8. The molecule has 1 atom stereocenters. The molecule has 0 bridgehead atoms. The van der Waals surface area contributed by atoms with E-state index < -0.39 is 18.6 Å². The van der Waals surface area contributed by atoms with Crippen LogP contribution in [0.25, 0.3) is 0 Å². The number of nitrogens with zero attached hydrogens (tertiary/aromatic N) is 3. The highest BCUT2D eigenvalue weighted by Gasteiger charge is 2.36. The molecule has 1 aromatic carbocycles. The number of nitrogens with one attached hydrogen (secondary N) is 1. The fourth-order valence-corrected chi connectivity index (χ4v) is 3.35. The van der Waals surface area contributed by atoms with Crippen molar-refractivity contribution >= 4 is 23.5 Å². The van der Waals surface area contributed by atoms with E-state index in [2.05, 4.69) is 20.1 Å². The van der Waals surface area contributed by atoms with Crippen molar-refractivity contribution in [3.63, 3.8) is 0 Å². The minimum atomic E-state index is -3.04. The Morgan fingerprint density at radius 2 is 2.17 bits per heavy atom. The monoisotopic (exact) mass is 426 g/mol. The Kier molecular flexibility index (Phi) is 6.68. The van der Waals surface area contributed by atoms with E-state index in [0.717, 1.165) is 19.3 Å². The lowest BCUT2D eigenvalue weighted by atomic mass is 9.95. The molecule has 0 unspecified atom stereocenters. The van der Waals surface area contributed by atoms with Gasteiger partial charge in [0.1, 0.15) is 18.1 Å². The molecule has 1 N–H and O–H groups in total. The highest BCUT2D eigenvalue weighted by molar-refractivity contribution is 6.30. The number of fused-ring (bicyclic) bond motifs is 1. The molecule has 0 amide bonds. The third-order valence-corrected chi connectivity index (χ3v) is 4.71. The van der Waals surface area contributed by atoms with Gasteiger partial charge in [-0.25, -0.2) is 9.48 Å². The molecule has 2 aromatic rings. The van der Waals surface area contributed by atoms with Crippen molar-refractivity contribution in [3.05, 3.63) is 46.4 Å². The zero-order valence-corrected chi connectivity index (χ0v) is 16.7. The molecular formula is C19H21ClF2N4O3. The molecule has 0 fully saturated rings. The van der Waals surface area contributed by atoms with Crippen LogP contribution < -0.4 is 10.1 Å². The van der Waals surface area contributed by atoms with Crippen molar-refractivity contribution in [2.24, 2.45) is 0 Å². The van der Waals surface area contributed by atoms with Crippen molar-refractivity contribution in [1.82, 2.24) is 14.8 Å². The fraction of sp³-hybridized carbons (Fsp3) is 0.421. The second-order valence-electron chi connectivity index (χ2n) is 6.50. The molecule has 1 aromatic heterocycles. The normalized spacial score (nSPS) is 15.9. The minimum Gasteiger partial charge on any atom is -0.462 e. The summed E-state index contributed by atoms with van der Waals surface area (Å²) in [5.74, 6) is -0.319. The zero-order chi connectivity index (χ0) is 21.0. The Labute approximate surface area is 171 Å². The minimum absolute atomic E-state index is 0.109. The van der Waals surface area contributed by atoms with Crippen LogP contribution in [0.5, 0.6) is 5.75 Å². The third kappa shape index (κ3) is 4.67. The standard InChI is InChI=1S/C19H21ClF2N4O3/c1-3-4-5-8-28-17(27)15-11(2)25-19-23-10-24-26(19)16(15)13-9-12(20)6-7-14(13)29-18(21)22/h6-7,9-10,16,18H,3-5,8H2,1-2H3,(H,23,24,25)/t16-/m1/s1. The van der Waals surface area contributed by atoms with Crippen molar-refractivity contribution in [2.45, 2.75) is 45.8 Å². The first-order chi connectivity index (χ1) is 13.9. The molecule has 0 spiro atoms. The second-order valence-corrected chi connectivity index (χ2v) is 6.93. The van der Waals surface area contributed by atoms with Gasteiger partial charge in [-0.15, -0.1) is 0 Å². The zero-order valence-electron chi connectivity index (χ0n) is 16.0. The number of aromatic nitrogens is 3. The van der Waals surface area contributed by atoms with Crippen LogP contribution in [-0.2, 0) is 9.53 Å². The number of hydrogen-bond donors (Lipinski definition) is 1. The van der Waals surface area contributed by atoms with Gasteiger partial charge in [0, 0.05) is 16.3 Å². The van der Waals surface area contributed by atoms with Gasteiger partial charge in [0.25, 0.3) is 0 Å². The van der Waals surface area contributed by atoms with Crippen LogP contribution in [0.15, 0.2) is 35.8 Å². The lowest BCUT2D eigenvalue weighted by Crippen LogP contribution is -2.30. The second kappa shape index (κ2) is 9.21. The number of benzene rings is 1. The Bertz CT molecular complexity index is 917. The van der Waals surface area contributed by atoms with Crippen LogP contribution in [0, 0.1) is 0 Å². The first kappa shape index (κ1) is 21.0. The number of allylic oxidation sites excluding steroid dienone is 1. The van der Waals surface area contributed by atoms with Gasteiger partial charge in [-0.1, -0.05) is 31.4 Å². The summed E-state index contributed by atoms with van der Waals surface area (Å²) in [6.45, 7) is 0.953. The van der Waals surface area contributed by atoms with Gasteiger partial charge in [0.05, 0.1) is 12.2 Å². The molecule has 0 radical (unpaired) electrons. The molecule has 2 heterocycles. The molecule has 0 aliphatic carbocycles. The van der Waals surface area contributed by atoms with Gasteiger partial charge < -0.3 is 14.8 Å². The molecule has 0 saturated carbocycles. The largest absolute Gasteiger partial charge is 0.462 e. The topological polar surface area (TPSA) is 78.3 Å². The fourth-order valence-electron chi connectivity index (χ4n) is 3.17. The third-order valence-electron chi connectivity index (χ3n) is 4.48. The predicted octanol–water partition coefficient (Wildman–Crippen LogP) is 4.56. The Morgan fingerprint density at radius 3 is 2.90 bits per heavy atom. The summed E-state index contributed by atoms with van der Waals surface area (Å²) in [5, 5.41) is 7.45. The summed E-state index contributed by atoms with van der Waals surface area (Å²) in [5.41, 5.74) is 0.964. The summed E-state index contributed by atoms with van der Waals surface area (Å²) in [6, 6.07) is 3.35. The van der Waals surface area contributed by atoms with Gasteiger partial charge in [-0.2, -0.15) is 18.9 Å². The smallest absolute Gasteiger partial charge is 0.387 e. The number of carbonyl (C=O) groups is 1. The SMILES string of the molecule is CCCCCOC(=O)C1=C(C)Nc2ncnn2[C@@H]1c1cc(Cl)ccc1OC(F)F. The average molecular weight is 427 g/mol. The maximum atomic E-state index is 13.0. The Morgan fingerprint density at radius 1 is 1.38 bits per heavy atom. The number of ether oxygens (including phenoxy) is 2. The molecule has 1 aliphatic rings. The number of halogens is 3. The summed E-state index contributed by atoms with van der Waals surface area (Å²) in [7, 11) is 0. The van der Waals surface area contributed by atoms with Crippen LogP contribution in [0.1, 0.15) is 44.7 Å². The number of anilines is 1. The number of alkyl halides is 2. The van der Waals surface area contributed by atoms with Crippen LogP contribution in [0.2, 0.25) is 5.02 Å². The predicted molar refractivity (Wildman–Crippen MR) is 103 cm³/mol. The van der Waals surface area contributed by atoms with Crippen LogP contribution in [0.3, 0.4) is 0 Å². The van der Waals surface area contributed by atoms with Crippen molar-refractivity contribution < 1.29 is 23.0 Å². The summed E-state index contributed by atoms with van der Waals surface area (Å²) >= 11 is 6.12. The number of hydrogen-bond acceptors (Lipinski definition) is 6. The quantitative estimate of drug-likeness (QED) is 0.492. The van der Waals surface area contributed by atoms with Gasteiger partial charge in [0.2, 0.25) is 5.95 Å². The summed E-state index contributed by atoms with van der Waals surface area (Å²) < 4.78 is 37.5. The Hall–Kier alpha value is -2.68. The van der Waals surface area contributed by atoms with Gasteiger partial charge >= 0.3 is 12.6 Å². The molecular weight excluding hydrogens is 406 g/mol. The number of esters is 1. The molecule has 0 saturated heterocycles. The number of unbranched alkanes of at least 4 members (excludes halogenated alkanes) is 2. The van der Waals surface area contributed by atoms with E-state index in [-0.39, 0.29) is 23.5 Å². The van der Waals surface area contributed by atoms with Crippen molar-refractivity contribution in [3.8, 4) is 5.75 Å². The molecule has 29 heavy (non-hydrogen) atoms. The maximum Gasteiger partial charge on any atom is 0.387 e. The lowest BCUT2D eigenvalue weighted by Gasteiger charge is -2.29. The van der Waals surface area contributed by atoms with E-state index in [4.69, 9.17) is 16.3 Å². The van der Waals surface area contributed by atoms with E-state index in [1.165, 1.54) is 29.2 Å². The van der Waals surface area contributed by atoms with Gasteiger partial charge in [0.15, 0.2) is 0 Å². The van der Waals surface area contributed by atoms with E-state index in [1.807, 2.05) is 6.92 Å². The van der Waals surface area contributed by atoms with Crippen LogP contribution >= 0.6 is 11.6 Å². The van der Waals surface area contributed by atoms with Crippen molar-refractivity contribution in [2.75, 3.05) is 11.9 Å². The maximum absolute atomic E-state index is 13.0. The molecule has 7 nitrogen and oxygen atoms in total. The summed E-state index contributed by atoms with van der Waals surface area (Å²) in [4.78, 5) is 17.0. The van der Waals surface area contributed by atoms with Gasteiger partial charge in [-0.3, -0.25) is 0 Å². The average Bonchev–Trinajstić information content (AvgIpc) is 3.13. The first-order valence-electron chi connectivity index (χ1n) is 9.21. The summed E-state index contributed by atoms with van der Waals surface area (Å²) in [6.07, 6.45) is 3.96. The van der Waals surface area contributed by atoms with Crippen LogP contribution in [-0.4, -0.2) is 34.0 Å². The van der Waals surface area contributed by atoms with Crippen LogP contribution in [0.4, 0.5) is 14.7 Å². The van der Waals surface area contributed by atoms with Gasteiger partial charge in [-0.05, 0) is 31.5 Å². The van der Waals surface area contributed by atoms with Crippen molar-refractivity contribution in [1.29, 1.82) is 0 Å². The first-order valence-corrected chi connectivity index (χ1v) is 9.58. The molecule has 10 heteroatoms. The highest BCUT2D eigenvalue weighted by Crippen LogP contribution is 2.40. The van der Waals surface area contributed by atoms with E-state index in [1.54, 1.807) is 6.92 Å². The lowest BCUT2D eigenvalue weighted by molar-refractivity contribution is -0.139. The molecule has 3 rings (SSSR count). The Balaban J connectivity index is 2.04. The van der Waals surface area contributed by atoms with E-state index >= 15 is 0 Å². The van der Waals surface area contributed by atoms with E-state index in [9.17, 15) is 13.6 Å². The highest BCUT2D eigenvalue weighted by atomic mass is 35.5.